The van der Waals surface area contributed by atoms with Crippen molar-refractivity contribution in [3.05, 3.63) is 18.2 Å². The summed E-state index contributed by atoms with van der Waals surface area (Å²) >= 11 is 0. The molecule has 5 nitrogen and oxygen atoms in total. The lowest BCUT2D eigenvalue weighted by Gasteiger charge is -2.19. The quantitative estimate of drug-likeness (QED) is 0.771. The summed E-state index contributed by atoms with van der Waals surface area (Å²) in [6.07, 6.45) is 4.61. The topological polar surface area (TPSA) is 59.6 Å². The largest absolute Gasteiger partial charge is 0.490 e. The Morgan fingerprint density at radius 3 is 2.48 bits per heavy atom. The van der Waals surface area contributed by atoms with E-state index in [1.807, 2.05) is 39.0 Å². The van der Waals surface area contributed by atoms with Crippen molar-refractivity contribution >= 4 is 11.6 Å². The highest BCUT2D eigenvalue weighted by Gasteiger charge is 2.20. The van der Waals surface area contributed by atoms with Gasteiger partial charge >= 0.3 is 0 Å². The van der Waals surface area contributed by atoms with Crippen LogP contribution in [0.15, 0.2) is 18.2 Å². The fourth-order valence-corrected chi connectivity index (χ4v) is 2.85. The van der Waals surface area contributed by atoms with Crippen LogP contribution in [0.5, 0.6) is 11.5 Å². The van der Waals surface area contributed by atoms with Gasteiger partial charge in [-0.1, -0.05) is 12.8 Å². The van der Waals surface area contributed by atoms with Gasteiger partial charge in [-0.25, -0.2) is 0 Å². The lowest BCUT2D eigenvalue weighted by Crippen LogP contribution is -2.42. The van der Waals surface area contributed by atoms with Crippen LogP contribution in [0.1, 0.15) is 46.5 Å². The van der Waals surface area contributed by atoms with Gasteiger partial charge in [0.15, 0.2) is 11.5 Å². The molecular formula is C18H28N2O3. The Morgan fingerprint density at radius 2 is 1.83 bits per heavy atom. The molecule has 1 saturated carbocycles. The third-order valence-corrected chi connectivity index (χ3v) is 4.02. The van der Waals surface area contributed by atoms with Gasteiger partial charge in [0.05, 0.1) is 13.2 Å². The Morgan fingerprint density at radius 1 is 1.17 bits per heavy atom. The smallest absolute Gasteiger partial charge is 0.242 e. The van der Waals surface area contributed by atoms with Gasteiger partial charge < -0.3 is 20.1 Å². The first-order chi connectivity index (χ1) is 11.1. The molecule has 0 bridgehead atoms. The van der Waals surface area contributed by atoms with Crippen LogP contribution in [-0.2, 0) is 4.79 Å². The van der Waals surface area contributed by atoms with E-state index in [1.54, 1.807) is 0 Å². The zero-order valence-corrected chi connectivity index (χ0v) is 14.4. The minimum Gasteiger partial charge on any atom is -0.490 e. The van der Waals surface area contributed by atoms with E-state index < -0.39 is 0 Å². The van der Waals surface area contributed by atoms with Gasteiger partial charge in [-0.3, -0.25) is 4.79 Å². The Kier molecular flexibility index (Phi) is 6.56. The highest BCUT2D eigenvalue weighted by Crippen LogP contribution is 2.31. The fraction of sp³-hybridized carbons (Fsp3) is 0.611. The molecule has 1 atom stereocenters. The summed E-state index contributed by atoms with van der Waals surface area (Å²) in [5.41, 5.74) is 0.853. The second-order valence-corrected chi connectivity index (χ2v) is 5.88. The Bertz CT molecular complexity index is 513. The average molecular weight is 320 g/mol. The number of nitrogens with one attached hydrogen (secondary N) is 2. The number of carbonyl (C=O) groups is 1. The molecule has 1 aromatic carbocycles. The van der Waals surface area contributed by atoms with Crippen LogP contribution in [-0.4, -0.2) is 31.2 Å². The van der Waals surface area contributed by atoms with Crippen LogP contribution in [0.25, 0.3) is 0 Å². The first-order valence-electron chi connectivity index (χ1n) is 8.60. The molecule has 1 aromatic rings. The van der Waals surface area contributed by atoms with E-state index in [4.69, 9.17) is 9.47 Å². The van der Waals surface area contributed by atoms with Crippen molar-refractivity contribution in [1.82, 2.24) is 5.32 Å². The van der Waals surface area contributed by atoms with Gasteiger partial charge in [0, 0.05) is 17.8 Å². The van der Waals surface area contributed by atoms with Crippen molar-refractivity contribution in [2.75, 3.05) is 18.5 Å². The molecule has 0 aliphatic heterocycles. The zero-order chi connectivity index (χ0) is 16.7. The molecule has 1 amide bonds. The van der Waals surface area contributed by atoms with E-state index in [0.29, 0.717) is 25.0 Å². The highest BCUT2D eigenvalue weighted by molar-refractivity contribution is 5.84. The molecule has 23 heavy (non-hydrogen) atoms. The normalized spacial score (nSPS) is 16.0. The van der Waals surface area contributed by atoms with Crippen molar-refractivity contribution in [2.24, 2.45) is 0 Å². The molecule has 5 heteroatoms. The second-order valence-electron chi connectivity index (χ2n) is 5.88. The summed E-state index contributed by atoms with van der Waals surface area (Å²) in [6, 6.07) is 5.72. The van der Waals surface area contributed by atoms with Crippen LogP contribution in [0.2, 0.25) is 0 Å². The lowest BCUT2D eigenvalue weighted by molar-refractivity contribution is -0.122. The second kappa shape index (κ2) is 8.65. The molecule has 1 aliphatic rings. The summed E-state index contributed by atoms with van der Waals surface area (Å²) < 4.78 is 11.2. The molecular weight excluding hydrogens is 292 g/mol. The van der Waals surface area contributed by atoms with Crippen molar-refractivity contribution in [2.45, 2.75) is 58.5 Å². The maximum atomic E-state index is 12.3. The maximum absolute atomic E-state index is 12.3. The number of hydrogen-bond acceptors (Lipinski definition) is 4. The molecule has 0 saturated heterocycles. The molecule has 0 heterocycles. The Labute approximate surface area is 138 Å². The molecule has 0 unspecified atom stereocenters. The van der Waals surface area contributed by atoms with Gasteiger partial charge in [-0.15, -0.1) is 0 Å². The number of rotatable bonds is 8. The van der Waals surface area contributed by atoms with E-state index in [2.05, 4.69) is 10.6 Å². The molecule has 0 spiro atoms. The molecule has 128 valence electrons. The Hall–Kier alpha value is -1.91. The van der Waals surface area contributed by atoms with Crippen LogP contribution in [0.4, 0.5) is 5.69 Å². The standard InChI is InChI=1S/C18H28N2O3/c1-4-22-16-11-10-15(12-17(16)23-5-2)19-13(3)18(21)20-14-8-6-7-9-14/h10-14,19H,4-9H2,1-3H3,(H,20,21)/t13-/m0/s1. The first kappa shape index (κ1) is 17.4. The van der Waals surface area contributed by atoms with E-state index in [1.165, 1.54) is 12.8 Å². The maximum Gasteiger partial charge on any atom is 0.242 e. The summed E-state index contributed by atoms with van der Waals surface area (Å²) in [6.45, 7) is 6.92. The molecule has 2 rings (SSSR count). The summed E-state index contributed by atoms with van der Waals surface area (Å²) in [5.74, 6) is 1.47. The summed E-state index contributed by atoms with van der Waals surface area (Å²) in [4.78, 5) is 12.3. The van der Waals surface area contributed by atoms with Gasteiger partial charge in [0.2, 0.25) is 5.91 Å². The monoisotopic (exact) mass is 320 g/mol. The van der Waals surface area contributed by atoms with Gasteiger partial charge in [0.1, 0.15) is 6.04 Å². The SMILES string of the molecule is CCOc1ccc(N[C@@H](C)C(=O)NC2CCCC2)cc1OCC. The zero-order valence-electron chi connectivity index (χ0n) is 14.4. The number of anilines is 1. The van der Waals surface area contributed by atoms with Crippen molar-refractivity contribution in [1.29, 1.82) is 0 Å². The van der Waals surface area contributed by atoms with Crippen LogP contribution >= 0.6 is 0 Å². The third-order valence-electron chi connectivity index (χ3n) is 4.02. The van der Waals surface area contributed by atoms with E-state index in [-0.39, 0.29) is 11.9 Å². The average Bonchev–Trinajstić information content (AvgIpc) is 3.03. The van der Waals surface area contributed by atoms with Gasteiger partial charge in [-0.2, -0.15) is 0 Å². The number of carbonyl (C=O) groups excluding carboxylic acids is 1. The Balaban J connectivity index is 1.97. The highest BCUT2D eigenvalue weighted by atomic mass is 16.5. The van der Waals surface area contributed by atoms with E-state index in [0.717, 1.165) is 24.3 Å². The lowest BCUT2D eigenvalue weighted by atomic mass is 10.2. The van der Waals surface area contributed by atoms with Gasteiger partial charge in [-0.05, 0) is 45.7 Å². The fourth-order valence-electron chi connectivity index (χ4n) is 2.85. The molecule has 0 aromatic heterocycles. The molecule has 1 fully saturated rings. The minimum atomic E-state index is -0.289. The molecule has 1 aliphatic carbocycles. The number of benzene rings is 1. The minimum absolute atomic E-state index is 0.0451. The van der Waals surface area contributed by atoms with Crippen LogP contribution in [0.3, 0.4) is 0 Å². The van der Waals surface area contributed by atoms with E-state index >= 15 is 0 Å². The summed E-state index contributed by atoms with van der Waals surface area (Å²) in [5, 5.41) is 6.35. The van der Waals surface area contributed by atoms with Crippen molar-refractivity contribution in [3.63, 3.8) is 0 Å². The first-order valence-corrected chi connectivity index (χ1v) is 8.60. The predicted octanol–water partition coefficient (Wildman–Crippen LogP) is 3.34. The predicted molar refractivity (Wildman–Crippen MR) is 92.3 cm³/mol. The number of amides is 1. The van der Waals surface area contributed by atoms with E-state index in [9.17, 15) is 4.79 Å². The van der Waals surface area contributed by atoms with Crippen molar-refractivity contribution < 1.29 is 14.3 Å². The summed E-state index contributed by atoms with van der Waals surface area (Å²) in [7, 11) is 0. The van der Waals surface area contributed by atoms with Gasteiger partial charge in [0.25, 0.3) is 0 Å². The van der Waals surface area contributed by atoms with Crippen LogP contribution < -0.4 is 20.1 Å². The number of ether oxygens (including phenoxy) is 2. The number of hydrogen-bond donors (Lipinski definition) is 2. The van der Waals surface area contributed by atoms with Crippen LogP contribution in [0, 0.1) is 0 Å². The van der Waals surface area contributed by atoms with Crippen molar-refractivity contribution in [3.8, 4) is 11.5 Å². The molecule has 0 radical (unpaired) electrons. The third kappa shape index (κ3) is 5.05. The molecule has 2 N–H and O–H groups in total.